The number of halogens is 1. The minimum Gasteiger partial charge on any atom is -0.369 e. The molecule has 1 saturated carbocycles. The molecule has 0 saturated heterocycles. The van der Waals surface area contributed by atoms with Gasteiger partial charge in [0, 0.05) is 19.1 Å². The molecule has 0 aromatic carbocycles. The zero-order chi connectivity index (χ0) is 13.8. The minimum atomic E-state index is -0.475. The van der Waals surface area contributed by atoms with Crippen LogP contribution in [0.4, 0.5) is 10.2 Å². The van der Waals surface area contributed by atoms with Crippen molar-refractivity contribution in [1.82, 2.24) is 9.88 Å². The largest absolute Gasteiger partial charge is 0.369 e. The van der Waals surface area contributed by atoms with Gasteiger partial charge in [-0.25, -0.2) is 9.37 Å². The maximum Gasteiger partial charge on any atom is 0.257 e. The second-order valence-corrected chi connectivity index (χ2v) is 4.80. The summed E-state index contributed by atoms with van der Waals surface area (Å²) in [6, 6.07) is 1.60. The predicted octanol–water partition coefficient (Wildman–Crippen LogP) is 2.67. The Labute approximate surface area is 113 Å². The molecule has 1 fully saturated rings. The second-order valence-electron chi connectivity index (χ2n) is 4.80. The van der Waals surface area contributed by atoms with Gasteiger partial charge in [0.05, 0.1) is 11.8 Å². The lowest BCUT2D eigenvalue weighted by Crippen LogP contribution is -2.33. The molecule has 1 aromatic heterocycles. The number of aromatic nitrogens is 1. The van der Waals surface area contributed by atoms with E-state index in [1.54, 1.807) is 4.90 Å². The van der Waals surface area contributed by atoms with Gasteiger partial charge in [0.15, 0.2) is 0 Å². The Kier molecular flexibility index (Phi) is 4.35. The number of amides is 1. The van der Waals surface area contributed by atoms with Crippen molar-refractivity contribution in [3.05, 3.63) is 23.6 Å². The molecule has 0 radical (unpaired) electrons. The normalized spacial score (nSPS) is 14.3. The zero-order valence-electron chi connectivity index (χ0n) is 11.4. The van der Waals surface area contributed by atoms with Crippen molar-refractivity contribution in [2.45, 2.75) is 39.2 Å². The van der Waals surface area contributed by atoms with E-state index in [0.717, 1.165) is 25.5 Å². The second kappa shape index (κ2) is 5.99. The van der Waals surface area contributed by atoms with Crippen molar-refractivity contribution in [3.63, 3.8) is 0 Å². The van der Waals surface area contributed by atoms with Crippen LogP contribution in [0, 0.1) is 5.82 Å². The number of hydrogen-bond acceptors (Lipinski definition) is 3. The quantitative estimate of drug-likeness (QED) is 0.860. The first-order chi connectivity index (χ1) is 9.17. The third kappa shape index (κ3) is 3.22. The summed E-state index contributed by atoms with van der Waals surface area (Å²) in [5.74, 6) is -0.125. The van der Waals surface area contributed by atoms with E-state index in [1.807, 2.05) is 13.8 Å². The van der Waals surface area contributed by atoms with Crippen molar-refractivity contribution < 1.29 is 9.18 Å². The highest BCUT2D eigenvalue weighted by Gasteiger charge is 2.33. The molecule has 1 amide bonds. The molecule has 0 atom stereocenters. The summed E-state index contributed by atoms with van der Waals surface area (Å²) in [6.07, 6.45) is 4.15. The van der Waals surface area contributed by atoms with E-state index in [2.05, 4.69) is 10.3 Å². The Balaban J connectivity index is 2.24. The highest BCUT2D eigenvalue weighted by atomic mass is 19.1. The number of rotatable bonds is 6. The Morgan fingerprint density at radius 3 is 2.84 bits per heavy atom. The van der Waals surface area contributed by atoms with Crippen LogP contribution in [0.25, 0.3) is 0 Å². The summed E-state index contributed by atoms with van der Waals surface area (Å²) >= 11 is 0. The monoisotopic (exact) mass is 265 g/mol. The van der Waals surface area contributed by atoms with E-state index >= 15 is 0 Å². The average molecular weight is 265 g/mol. The van der Waals surface area contributed by atoms with Crippen LogP contribution >= 0.6 is 0 Å². The molecule has 4 nitrogen and oxygen atoms in total. The van der Waals surface area contributed by atoms with Gasteiger partial charge in [0.25, 0.3) is 5.91 Å². The van der Waals surface area contributed by atoms with Gasteiger partial charge in [0.1, 0.15) is 11.6 Å². The van der Waals surface area contributed by atoms with Crippen molar-refractivity contribution in [1.29, 1.82) is 0 Å². The molecule has 0 bridgehead atoms. The molecule has 1 N–H and O–H groups in total. The number of nitrogens with zero attached hydrogens (tertiary/aromatic N) is 2. The van der Waals surface area contributed by atoms with Crippen LogP contribution in [0.3, 0.4) is 0 Å². The summed E-state index contributed by atoms with van der Waals surface area (Å²) in [5, 5.41) is 3.08. The molecule has 5 heteroatoms. The van der Waals surface area contributed by atoms with Gasteiger partial charge in [-0.15, -0.1) is 0 Å². The van der Waals surface area contributed by atoms with Gasteiger partial charge < -0.3 is 10.2 Å². The molecule has 0 unspecified atom stereocenters. The summed E-state index contributed by atoms with van der Waals surface area (Å²) in [6.45, 7) is 5.34. The van der Waals surface area contributed by atoms with E-state index < -0.39 is 5.82 Å². The first-order valence-electron chi connectivity index (χ1n) is 6.87. The molecule has 1 aliphatic carbocycles. The average Bonchev–Trinajstić information content (AvgIpc) is 3.22. The fraction of sp³-hybridized carbons (Fsp3) is 0.571. The Bertz CT molecular complexity index is 460. The van der Waals surface area contributed by atoms with Gasteiger partial charge in [-0.3, -0.25) is 4.79 Å². The third-order valence-electron chi connectivity index (χ3n) is 3.22. The fourth-order valence-electron chi connectivity index (χ4n) is 2.10. The van der Waals surface area contributed by atoms with Crippen LogP contribution in [0.1, 0.15) is 43.5 Å². The van der Waals surface area contributed by atoms with Gasteiger partial charge in [-0.1, -0.05) is 6.92 Å². The number of anilines is 1. The predicted molar refractivity (Wildman–Crippen MR) is 72.7 cm³/mol. The lowest BCUT2D eigenvalue weighted by molar-refractivity contribution is 0.0752. The van der Waals surface area contributed by atoms with Gasteiger partial charge >= 0.3 is 0 Å². The molecule has 19 heavy (non-hydrogen) atoms. The van der Waals surface area contributed by atoms with Crippen LogP contribution in [0.2, 0.25) is 0 Å². The molecule has 104 valence electrons. The van der Waals surface area contributed by atoms with Crippen molar-refractivity contribution in [2.75, 3.05) is 18.4 Å². The number of pyridine rings is 1. The fourth-order valence-corrected chi connectivity index (χ4v) is 2.10. The van der Waals surface area contributed by atoms with E-state index in [0.29, 0.717) is 30.5 Å². The standard InChI is InChI=1S/C14H20FN3O/c1-3-7-16-13-12(8-10(15)9-17-13)14(19)18(4-2)11-5-6-11/h8-9,11H,3-7H2,1-2H3,(H,16,17). The molecule has 0 aliphatic heterocycles. The lowest BCUT2D eigenvalue weighted by atomic mass is 10.2. The maximum atomic E-state index is 13.4. The van der Waals surface area contributed by atoms with Crippen LogP contribution in [-0.4, -0.2) is 34.9 Å². The molecule has 1 heterocycles. The molecular formula is C14H20FN3O. The number of hydrogen-bond donors (Lipinski definition) is 1. The molecule has 0 spiro atoms. The summed E-state index contributed by atoms with van der Waals surface area (Å²) in [4.78, 5) is 18.3. The van der Waals surface area contributed by atoms with E-state index in [4.69, 9.17) is 0 Å². The smallest absolute Gasteiger partial charge is 0.257 e. The highest BCUT2D eigenvalue weighted by molar-refractivity contribution is 5.99. The van der Waals surface area contributed by atoms with Gasteiger partial charge in [-0.05, 0) is 32.3 Å². The Hall–Kier alpha value is -1.65. The van der Waals surface area contributed by atoms with Crippen LogP contribution < -0.4 is 5.32 Å². The molecule has 1 aliphatic rings. The van der Waals surface area contributed by atoms with E-state index in [1.165, 1.54) is 6.07 Å². The summed E-state index contributed by atoms with van der Waals surface area (Å²) in [7, 11) is 0. The summed E-state index contributed by atoms with van der Waals surface area (Å²) < 4.78 is 13.4. The van der Waals surface area contributed by atoms with Gasteiger partial charge in [0.2, 0.25) is 0 Å². The van der Waals surface area contributed by atoms with Gasteiger partial charge in [-0.2, -0.15) is 0 Å². The summed E-state index contributed by atoms with van der Waals surface area (Å²) in [5.41, 5.74) is 0.335. The minimum absolute atomic E-state index is 0.129. The first kappa shape index (κ1) is 13.8. The molecular weight excluding hydrogens is 245 g/mol. The maximum absolute atomic E-state index is 13.4. The first-order valence-corrected chi connectivity index (χ1v) is 6.87. The van der Waals surface area contributed by atoms with E-state index in [9.17, 15) is 9.18 Å². The van der Waals surface area contributed by atoms with Crippen LogP contribution in [0.5, 0.6) is 0 Å². The van der Waals surface area contributed by atoms with Crippen LogP contribution in [-0.2, 0) is 0 Å². The third-order valence-corrected chi connectivity index (χ3v) is 3.22. The van der Waals surface area contributed by atoms with Crippen molar-refractivity contribution >= 4 is 11.7 Å². The number of carbonyl (C=O) groups is 1. The van der Waals surface area contributed by atoms with Crippen molar-refractivity contribution in [2.24, 2.45) is 0 Å². The lowest BCUT2D eigenvalue weighted by Gasteiger charge is -2.21. The Morgan fingerprint density at radius 2 is 2.26 bits per heavy atom. The van der Waals surface area contributed by atoms with Crippen LogP contribution in [0.15, 0.2) is 12.3 Å². The molecule has 1 aromatic rings. The zero-order valence-corrected chi connectivity index (χ0v) is 11.4. The van der Waals surface area contributed by atoms with Crippen molar-refractivity contribution in [3.8, 4) is 0 Å². The number of nitrogens with one attached hydrogen (secondary N) is 1. The Morgan fingerprint density at radius 1 is 1.53 bits per heavy atom. The SMILES string of the molecule is CCCNc1ncc(F)cc1C(=O)N(CC)C1CC1. The highest BCUT2D eigenvalue weighted by Crippen LogP contribution is 2.29. The van der Waals surface area contributed by atoms with E-state index in [-0.39, 0.29) is 5.91 Å². The number of carbonyl (C=O) groups excluding carboxylic acids is 1. The molecule has 2 rings (SSSR count). The topological polar surface area (TPSA) is 45.2 Å².